The molecule has 2 aromatic carbocycles. The summed E-state index contributed by atoms with van der Waals surface area (Å²) in [6.45, 7) is 3.27. The van der Waals surface area contributed by atoms with Gasteiger partial charge in [0.05, 0.1) is 10.3 Å². The number of amides is 1. The summed E-state index contributed by atoms with van der Waals surface area (Å²) in [5, 5.41) is 2.91. The minimum Gasteiger partial charge on any atom is -0.381 e. The zero-order chi connectivity index (χ0) is 20.9. The van der Waals surface area contributed by atoms with E-state index < -0.39 is 15.4 Å². The van der Waals surface area contributed by atoms with Gasteiger partial charge in [0.15, 0.2) is 0 Å². The van der Waals surface area contributed by atoms with Gasteiger partial charge in [-0.25, -0.2) is 13.1 Å². The topological polar surface area (TPSA) is 84.5 Å². The number of rotatable bonds is 7. The third-order valence-corrected chi connectivity index (χ3v) is 7.22. The number of ether oxygens (including phenoxy) is 1. The molecule has 0 unspecified atom stereocenters. The molecule has 2 aromatic rings. The first-order valence-electron chi connectivity index (χ1n) is 9.52. The van der Waals surface area contributed by atoms with Crippen molar-refractivity contribution in [2.24, 2.45) is 0 Å². The summed E-state index contributed by atoms with van der Waals surface area (Å²) in [6, 6.07) is 14.4. The van der Waals surface area contributed by atoms with Gasteiger partial charge in [-0.15, -0.1) is 0 Å². The molecule has 29 heavy (non-hydrogen) atoms. The number of sulfonamides is 1. The van der Waals surface area contributed by atoms with Crippen molar-refractivity contribution in [2.75, 3.05) is 26.3 Å². The average Bonchev–Trinajstić information content (AvgIpc) is 2.72. The normalized spacial score (nSPS) is 16.3. The van der Waals surface area contributed by atoms with Gasteiger partial charge in [-0.3, -0.25) is 4.79 Å². The number of carbonyl (C=O) groups excluding carboxylic acids is 1. The van der Waals surface area contributed by atoms with Gasteiger partial charge in [0.2, 0.25) is 15.9 Å². The van der Waals surface area contributed by atoms with Crippen LogP contribution in [-0.2, 0) is 25.0 Å². The van der Waals surface area contributed by atoms with Crippen LogP contribution in [0.3, 0.4) is 0 Å². The number of aryl methyl sites for hydroxylation is 1. The lowest BCUT2D eigenvalue weighted by atomic mass is 9.73. The molecule has 1 aliphatic heterocycles. The van der Waals surface area contributed by atoms with Crippen LogP contribution in [0.1, 0.15) is 24.0 Å². The lowest BCUT2D eigenvalue weighted by Gasteiger charge is -2.36. The number of nitrogens with one attached hydrogen (secondary N) is 2. The predicted molar refractivity (Wildman–Crippen MR) is 115 cm³/mol. The third kappa shape index (κ3) is 5.25. The summed E-state index contributed by atoms with van der Waals surface area (Å²) in [5.41, 5.74) is 1.28. The highest BCUT2D eigenvalue weighted by Crippen LogP contribution is 2.35. The fourth-order valence-corrected chi connectivity index (χ4v) is 4.76. The molecule has 156 valence electrons. The first-order chi connectivity index (χ1) is 13.8. The average molecular weight is 481 g/mol. The SMILES string of the molecule is Cc1ccc(S(=O)(=O)NCCNC(=O)C2(c3ccc(Br)cc3)CCOCC2)cc1. The molecule has 1 amide bonds. The number of hydrogen-bond donors (Lipinski definition) is 2. The Bertz CT molecular complexity index is 938. The van der Waals surface area contributed by atoms with Crippen molar-refractivity contribution < 1.29 is 17.9 Å². The van der Waals surface area contributed by atoms with Gasteiger partial charge in [0.1, 0.15) is 0 Å². The lowest BCUT2D eigenvalue weighted by molar-refractivity contribution is -0.130. The van der Waals surface area contributed by atoms with Gasteiger partial charge < -0.3 is 10.1 Å². The van der Waals surface area contributed by atoms with Gasteiger partial charge in [-0.05, 0) is 49.6 Å². The van der Waals surface area contributed by atoms with Crippen LogP contribution in [0.2, 0.25) is 0 Å². The summed E-state index contributed by atoms with van der Waals surface area (Å²) in [4.78, 5) is 13.3. The van der Waals surface area contributed by atoms with Crippen molar-refractivity contribution in [1.29, 1.82) is 0 Å². The Morgan fingerprint density at radius 2 is 1.66 bits per heavy atom. The maximum absolute atomic E-state index is 13.1. The summed E-state index contributed by atoms with van der Waals surface area (Å²) in [6.07, 6.45) is 1.19. The summed E-state index contributed by atoms with van der Waals surface area (Å²) in [7, 11) is -3.60. The van der Waals surface area contributed by atoms with E-state index in [2.05, 4.69) is 26.0 Å². The molecule has 0 aromatic heterocycles. The van der Waals surface area contributed by atoms with Crippen LogP contribution < -0.4 is 10.0 Å². The van der Waals surface area contributed by atoms with Crippen molar-refractivity contribution in [2.45, 2.75) is 30.1 Å². The minimum atomic E-state index is -3.60. The van der Waals surface area contributed by atoms with Crippen molar-refractivity contribution in [1.82, 2.24) is 10.0 Å². The predicted octanol–water partition coefficient (Wildman–Crippen LogP) is 2.90. The molecule has 0 bridgehead atoms. The molecular formula is C21H25BrN2O4S. The molecule has 0 aliphatic carbocycles. The van der Waals surface area contributed by atoms with Crippen molar-refractivity contribution in [3.63, 3.8) is 0 Å². The van der Waals surface area contributed by atoms with Gasteiger partial charge in [-0.2, -0.15) is 0 Å². The van der Waals surface area contributed by atoms with E-state index in [1.807, 2.05) is 31.2 Å². The van der Waals surface area contributed by atoms with Crippen LogP contribution in [0.15, 0.2) is 57.9 Å². The summed E-state index contributed by atoms with van der Waals surface area (Å²) >= 11 is 3.43. The third-order valence-electron chi connectivity index (χ3n) is 5.21. The molecule has 0 spiro atoms. The van der Waals surface area contributed by atoms with E-state index in [0.717, 1.165) is 15.6 Å². The number of benzene rings is 2. The quantitative estimate of drug-likeness (QED) is 0.596. The highest BCUT2D eigenvalue weighted by Gasteiger charge is 2.41. The molecule has 0 atom stereocenters. The van der Waals surface area contributed by atoms with E-state index in [-0.39, 0.29) is 23.9 Å². The fraction of sp³-hybridized carbons (Fsp3) is 0.381. The fourth-order valence-electron chi connectivity index (χ4n) is 3.47. The van der Waals surface area contributed by atoms with E-state index in [4.69, 9.17) is 4.74 Å². The molecule has 2 N–H and O–H groups in total. The molecule has 1 saturated heterocycles. The molecule has 1 heterocycles. The molecule has 8 heteroatoms. The van der Waals surface area contributed by atoms with E-state index in [0.29, 0.717) is 26.1 Å². The van der Waals surface area contributed by atoms with Crippen molar-refractivity contribution in [3.05, 3.63) is 64.1 Å². The lowest BCUT2D eigenvalue weighted by Crippen LogP contribution is -2.49. The second-order valence-electron chi connectivity index (χ2n) is 7.17. The summed E-state index contributed by atoms with van der Waals surface area (Å²) < 4.78 is 33.7. The Hall–Kier alpha value is -1.74. The number of hydrogen-bond acceptors (Lipinski definition) is 4. The molecule has 6 nitrogen and oxygen atoms in total. The van der Waals surface area contributed by atoms with Crippen LogP contribution in [0, 0.1) is 6.92 Å². The van der Waals surface area contributed by atoms with Crippen molar-refractivity contribution >= 4 is 31.9 Å². The van der Waals surface area contributed by atoms with Crippen LogP contribution >= 0.6 is 15.9 Å². The Kier molecular flexibility index (Phi) is 7.10. The van der Waals surface area contributed by atoms with E-state index >= 15 is 0 Å². The molecule has 1 fully saturated rings. The van der Waals surface area contributed by atoms with E-state index in [1.165, 1.54) is 0 Å². The molecule has 0 saturated carbocycles. The van der Waals surface area contributed by atoms with Crippen LogP contribution in [0.25, 0.3) is 0 Å². The largest absolute Gasteiger partial charge is 0.381 e. The highest BCUT2D eigenvalue weighted by atomic mass is 79.9. The first-order valence-corrected chi connectivity index (χ1v) is 11.8. The molecule has 3 rings (SSSR count). The first kappa shape index (κ1) is 22.0. The van der Waals surface area contributed by atoms with Gasteiger partial charge >= 0.3 is 0 Å². The Labute approximate surface area is 180 Å². The maximum atomic E-state index is 13.1. The van der Waals surface area contributed by atoms with Crippen LogP contribution in [-0.4, -0.2) is 40.6 Å². The standard InChI is InChI=1S/C21H25BrN2O4S/c1-16-2-8-19(9-3-16)29(26,27)24-13-12-23-20(25)21(10-14-28-15-11-21)17-4-6-18(22)7-5-17/h2-9,24H,10-15H2,1H3,(H,23,25). The van der Waals surface area contributed by atoms with Crippen molar-refractivity contribution in [3.8, 4) is 0 Å². The second kappa shape index (κ2) is 9.38. The Balaban J connectivity index is 1.62. The highest BCUT2D eigenvalue weighted by molar-refractivity contribution is 9.10. The number of halogens is 1. The van der Waals surface area contributed by atoms with Crippen LogP contribution in [0.5, 0.6) is 0 Å². The molecule has 0 radical (unpaired) electrons. The number of carbonyl (C=O) groups is 1. The monoisotopic (exact) mass is 480 g/mol. The maximum Gasteiger partial charge on any atom is 0.240 e. The Morgan fingerprint density at radius 3 is 2.28 bits per heavy atom. The van der Waals surface area contributed by atoms with E-state index in [9.17, 15) is 13.2 Å². The van der Waals surface area contributed by atoms with E-state index in [1.54, 1.807) is 24.3 Å². The zero-order valence-corrected chi connectivity index (χ0v) is 18.7. The smallest absolute Gasteiger partial charge is 0.240 e. The Morgan fingerprint density at radius 1 is 1.03 bits per heavy atom. The van der Waals surface area contributed by atoms with Crippen LogP contribution in [0.4, 0.5) is 0 Å². The zero-order valence-electron chi connectivity index (χ0n) is 16.3. The minimum absolute atomic E-state index is 0.0994. The van der Waals surface area contributed by atoms with Gasteiger partial charge in [-0.1, -0.05) is 45.8 Å². The second-order valence-corrected chi connectivity index (χ2v) is 9.85. The van der Waals surface area contributed by atoms with Gasteiger partial charge in [0.25, 0.3) is 0 Å². The van der Waals surface area contributed by atoms with Gasteiger partial charge in [0, 0.05) is 30.8 Å². The molecule has 1 aliphatic rings. The summed E-state index contributed by atoms with van der Waals surface area (Å²) in [5.74, 6) is -0.0994. The molecular weight excluding hydrogens is 456 g/mol.